The van der Waals surface area contributed by atoms with E-state index in [1.54, 1.807) is 12.1 Å². The normalized spacial score (nSPS) is 18.9. The van der Waals surface area contributed by atoms with Crippen molar-refractivity contribution in [2.75, 3.05) is 0 Å². The van der Waals surface area contributed by atoms with Crippen LogP contribution in [0.3, 0.4) is 0 Å². The summed E-state index contributed by atoms with van der Waals surface area (Å²) in [5.74, 6) is 0.546. The van der Waals surface area contributed by atoms with Gasteiger partial charge in [0.15, 0.2) is 0 Å². The second kappa shape index (κ2) is 4.01. The maximum Gasteiger partial charge on any atom is 0.269 e. The average molecular weight is 205 g/mol. The molecule has 3 nitrogen and oxygen atoms in total. The number of aryl methyl sites for hydroxylation is 1. The van der Waals surface area contributed by atoms with Gasteiger partial charge in [0.25, 0.3) is 5.69 Å². The summed E-state index contributed by atoms with van der Waals surface area (Å²) in [6, 6.07) is 5.30. The Morgan fingerprint density at radius 1 is 1.53 bits per heavy atom. The number of benzene rings is 1. The van der Waals surface area contributed by atoms with E-state index in [4.69, 9.17) is 0 Å². The van der Waals surface area contributed by atoms with Crippen molar-refractivity contribution in [1.29, 1.82) is 0 Å². The standard InChI is InChI=1S/C12H15NO2/c1-2-3-9-4-5-10-6-7-11(13(14)15)8-12(9)10/h6-9H,2-5H2,1H3. The Bertz CT molecular complexity index is 385. The van der Waals surface area contributed by atoms with Gasteiger partial charge in [-0.25, -0.2) is 0 Å². The maximum atomic E-state index is 10.7. The maximum absolute atomic E-state index is 10.7. The van der Waals surface area contributed by atoms with Crippen LogP contribution in [0.25, 0.3) is 0 Å². The molecule has 0 heterocycles. The third-order valence-corrected chi connectivity index (χ3v) is 3.18. The number of nitro benzene ring substituents is 1. The van der Waals surface area contributed by atoms with Crippen LogP contribution in [0.5, 0.6) is 0 Å². The fourth-order valence-electron chi connectivity index (χ4n) is 2.44. The number of hydrogen-bond donors (Lipinski definition) is 0. The van der Waals surface area contributed by atoms with Crippen LogP contribution in [0.1, 0.15) is 43.2 Å². The molecule has 0 N–H and O–H groups in total. The largest absolute Gasteiger partial charge is 0.269 e. The molecule has 1 aliphatic rings. The molecular formula is C12H15NO2. The first kappa shape index (κ1) is 10.1. The molecule has 0 aliphatic heterocycles. The summed E-state index contributed by atoms with van der Waals surface area (Å²) in [6.07, 6.45) is 4.53. The van der Waals surface area contributed by atoms with Crippen molar-refractivity contribution in [2.24, 2.45) is 0 Å². The lowest BCUT2D eigenvalue weighted by atomic mass is 9.96. The molecule has 0 saturated heterocycles. The minimum atomic E-state index is -0.304. The van der Waals surface area contributed by atoms with E-state index in [1.165, 1.54) is 11.1 Å². The molecule has 3 heteroatoms. The molecule has 0 saturated carbocycles. The lowest BCUT2D eigenvalue weighted by Crippen LogP contribution is -1.95. The van der Waals surface area contributed by atoms with Gasteiger partial charge >= 0.3 is 0 Å². The van der Waals surface area contributed by atoms with E-state index in [9.17, 15) is 10.1 Å². The zero-order chi connectivity index (χ0) is 10.8. The number of nitro groups is 1. The molecule has 0 aromatic heterocycles. The van der Waals surface area contributed by atoms with Gasteiger partial charge in [-0.05, 0) is 36.3 Å². The zero-order valence-electron chi connectivity index (χ0n) is 8.90. The fourth-order valence-corrected chi connectivity index (χ4v) is 2.44. The Morgan fingerprint density at radius 3 is 3.00 bits per heavy atom. The molecule has 1 aromatic carbocycles. The predicted octanol–water partition coefficient (Wildman–Crippen LogP) is 3.42. The second-order valence-electron chi connectivity index (χ2n) is 4.16. The van der Waals surface area contributed by atoms with Crippen LogP contribution in [-0.2, 0) is 6.42 Å². The monoisotopic (exact) mass is 205 g/mol. The van der Waals surface area contributed by atoms with Crippen LogP contribution < -0.4 is 0 Å². The summed E-state index contributed by atoms with van der Waals surface area (Å²) >= 11 is 0. The van der Waals surface area contributed by atoms with E-state index < -0.39 is 0 Å². The number of nitrogens with zero attached hydrogens (tertiary/aromatic N) is 1. The first-order chi connectivity index (χ1) is 7.22. The lowest BCUT2D eigenvalue weighted by molar-refractivity contribution is -0.384. The summed E-state index contributed by atoms with van der Waals surface area (Å²) in [5, 5.41) is 10.7. The SMILES string of the molecule is CCCC1CCc2ccc([N+](=O)[O-])cc21. The molecule has 0 fully saturated rings. The van der Waals surface area contributed by atoms with Crippen LogP contribution in [0, 0.1) is 10.1 Å². The van der Waals surface area contributed by atoms with Crippen molar-refractivity contribution < 1.29 is 4.92 Å². The van der Waals surface area contributed by atoms with E-state index in [1.807, 2.05) is 6.07 Å². The highest BCUT2D eigenvalue weighted by atomic mass is 16.6. The van der Waals surface area contributed by atoms with Crippen LogP contribution >= 0.6 is 0 Å². The smallest absolute Gasteiger partial charge is 0.258 e. The summed E-state index contributed by atoms with van der Waals surface area (Å²) in [4.78, 5) is 10.4. The van der Waals surface area contributed by atoms with E-state index in [0.717, 1.165) is 25.7 Å². The van der Waals surface area contributed by atoms with Crippen molar-refractivity contribution in [2.45, 2.75) is 38.5 Å². The summed E-state index contributed by atoms with van der Waals surface area (Å²) in [5.41, 5.74) is 2.75. The molecule has 1 atom stereocenters. The van der Waals surface area contributed by atoms with Crippen LogP contribution in [-0.4, -0.2) is 4.92 Å². The molecule has 15 heavy (non-hydrogen) atoms. The highest BCUT2D eigenvalue weighted by molar-refractivity contribution is 5.44. The molecule has 1 aromatic rings. The number of fused-ring (bicyclic) bond motifs is 1. The van der Waals surface area contributed by atoms with Gasteiger partial charge in [-0.2, -0.15) is 0 Å². The first-order valence-electron chi connectivity index (χ1n) is 5.49. The van der Waals surface area contributed by atoms with Crippen molar-refractivity contribution in [3.8, 4) is 0 Å². The van der Waals surface area contributed by atoms with Crippen molar-refractivity contribution in [1.82, 2.24) is 0 Å². The van der Waals surface area contributed by atoms with E-state index >= 15 is 0 Å². The minimum Gasteiger partial charge on any atom is -0.258 e. The number of non-ortho nitro benzene ring substituents is 1. The molecular weight excluding hydrogens is 190 g/mol. The van der Waals surface area contributed by atoms with E-state index in [0.29, 0.717) is 5.92 Å². The Hall–Kier alpha value is -1.38. The number of rotatable bonds is 3. The third kappa shape index (κ3) is 1.87. The molecule has 2 rings (SSSR count). The summed E-state index contributed by atoms with van der Waals surface area (Å²) in [7, 11) is 0. The van der Waals surface area contributed by atoms with Crippen LogP contribution in [0.15, 0.2) is 18.2 Å². The molecule has 0 amide bonds. The lowest BCUT2D eigenvalue weighted by Gasteiger charge is -2.09. The molecule has 0 spiro atoms. The van der Waals surface area contributed by atoms with Crippen molar-refractivity contribution in [3.05, 3.63) is 39.4 Å². The van der Waals surface area contributed by atoms with Crippen molar-refractivity contribution >= 4 is 5.69 Å². The van der Waals surface area contributed by atoms with E-state index in [2.05, 4.69) is 6.92 Å². The van der Waals surface area contributed by atoms with Gasteiger partial charge in [-0.1, -0.05) is 19.4 Å². The average Bonchev–Trinajstić information content (AvgIpc) is 2.61. The molecule has 1 unspecified atom stereocenters. The Labute approximate surface area is 89.3 Å². The Kier molecular flexibility index (Phi) is 2.71. The van der Waals surface area contributed by atoms with Gasteiger partial charge in [-0.15, -0.1) is 0 Å². The van der Waals surface area contributed by atoms with Gasteiger partial charge in [0.1, 0.15) is 0 Å². The third-order valence-electron chi connectivity index (χ3n) is 3.18. The fraction of sp³-hybridized carbons (Fsp3) is 0.500. The van der Waals surface area contributed by atoms with Crippen LogP contribution in [0.2, 0.25) is 0 Å². The Morgan fingerprint density at radius 2 is 2.33 bits per heavy atom. The summed E-state index contributed by atoms with van der Waals surface area (Å²) in [6.45, 7) is 2.16. The highest BCUT2D eigenvalue weighted by Crippen LogP contribution is 2.37. The zero-order valence-corrected chi connectivity index (χ0v) is 8.90. The molecule has 1 aliphatic carbocycles. The van der Waals surface area contributed by atoms with Gasteiger partial charge < -0.3 is 0 Å². The Balaban J connectivity index is 2.33. The highest BCUT2D eigenvalue weighted by Gasteiger charge is 2.23. The van der Waals surface area contributed by atoms with Gasteiger partial charge in [0.2, 0.25) is 0 Å². The minimum absolute atomic E-state index is 0.233. The second-order valence-corrected chi connectivity index (χ2v) is 4.16. The van der Waals surface area contributed by atoms with Crippen molar-refractivity contribution in [3.63, 3.8) is 0 Å². The van der Waals surface area contributed by atoms with Crippen LogP contribution in [0.4, 0.5) is 5.69 Å². The van der Waals surface area contributed by atoms with Gasteiger partial charge in [0.05, 0.1) is 4.92 Å². The predicted molar refractivity (Wildman–Crippen MR) is 59.1 cm³/mol. The van der Waals surface area contributed by atoms with E-state index in [-0.39, 0.29) is 10.6 Å². The summed E-state index contributed by atoms with van der Waals surface area (Å²) < 4.78 is 0. The molecule has 80 valence electrons. The van der Waals surface area contributed by atoms with Gasteiger partial charge in [0, 0.05) is 12.1 Å². The quantitative estimate of drug-likeness (QED) is 0.560. The first-order valence-corrected chi connectivity index (χ1v) is 5.49. The topological polar surface area (TPSA) is 43.1 Å². The number of hydrogen-bond acceptors (Lipinski definition) is 2. The molecule has 0 radical (unpaired) electrons. The molecule has 0 bridgehead atoms. The van der Waals surface area contributed by atoms with Gasteiger partial charge in [-0.3, -0.25) is 10.1 Å².